The zero-order chi connectivity index (χ0) is 17.2. The predicted molar refractivity (Wildman–Crippen MR) is 94.6 cm³/mol. The van der Waals surface area contributed by atoms with E-state index in [-0.39, 0.29) is 10.8 Å². The van der Waals surface area contributed by atoms with Gasteiger partial charge in [0, 0.05) is 24.3 Å². The first-order valence-electron chi connectivity index (χ1n) is 7.96. The van der Waals surface area contributed by atoms with Crippen molar-refractivity contribution in [2.45, 2.75) is 31.1 Å². The highest BCUT2D eigenvalue weighted by atomic mass is 32.2. The minimum Gasteiger partial charge on any atom is -0.312 e. The molecule has 1 aliphatic heterocycles. The Morgan fingerprint density at radius 1 is 1.04 bits per heavy atom. The number of anilines is 2. The first-order chi connectivity index (χ1) is 11.5. The van der Waals surface area contributed by atoms with Crippen molar-refractivity contribution in [2.24, 2.45) is 0 Å². The van der Waals surface area contributed by atoms with Crippen LogP contribution < -0.4 is 9.62 Å². The second-order valence-electron chi connectivity index (χ2n) is 5.97. The molecule has 5 nitrogen and oxygen atoms in total. The Morgan fingerprint density at radius 3 is 2.46 bits per heavy atom. The third-order valence-corrected chi connectivity index (χ3v) is 5.43. The van der Waals surface area contributed by atoms with Crippen molar-refractivity contribution in [2.75, 3.05) is 16.2 Å². The smallest absolute Gasteiger partial charge is 0.261 e. The molecule has 0 saturated carbocycles. The molecule has 6 heteroatoms. The fraction of sp³-hybridized carbons (Fsp3) is 0.278. The summed E-state index contributed by atoms with van der Waals surface area (Å²) in [6.07, 6.45) is 2.50. The lowest BCUT2D eigenvalue weighted by molar-refractivity contribution is -0.119. The Bertz CT molecular complexity index is 845. The number of amides is 1. The van der Waals surface area contributed by atoms with E-state index in [1.165, 1.54) is 0 Å². The fourth-order valence-electron chi connectivity index (χ4n) is 2.78. The summed E-state index contributed by atoms with van der Waals surface area (Å²) in [5, 5.41) is 0. The number of nitrogens with zero attached hydrogens (tertiary/aromatic N) is 1. The third-order valence-electron chi connectivity index (χ3n) is 4.05. The van der Waals surface area contributed by atoms with E-state index in [9.17, 15) is 13.2 Å². The number of rotatable bonds is 4. The first kappa shape index (κ1) is 16.5. The Hall–Kier alpha value is -2.34. The van der Waals surface area contributed by atoms with E-state index in [0.29, 0.717) is 18.7 Å². The van der Waals surface area contributed by atoms with E-state index in [4.69, 9.17) is 0 Å². The molecule has 1 fully saturated rings. The van der Waals surface area contributed by atoms with Crippen LogP contribution in [0.3, 0.4) is 0 Å². The molecule has 2 aromatic rings. The molecule has 0 atom stereocenters. The van der Waals surface area contributed by atoms with Gasteiger partial charge >= 0.3 is 0 Å². The fourth-order valence-corrected chi connectivity index (χ4v) is 3.95. The molecule has 1 amide bonds. The summed E-state index contributed by atoms with van der Waals surface area (Å²) in [5.74, 6) is 0.120. The summed E-state index contributed by atoms with van der Waals surface area (Å²) in [6, 6.07) is 13.7. The summed E-state index contributed by atoms with van der Waals surface area (Å²) in [4.78, 5) is 13.9. The number of hydrogen-bond donors (Lipinski definition) is 1. The van der Waals surface area contributed by atoms with Crippen molar-refractivity contribution in [1.82, 2.24) is 0 Å². The van der Waals surface area contributed by atoms with Gasteiger partial charge in [-0.15, -0.1) is 0 Å². The van der Waals surface area contributed by atoms with Crippen LogP contribution in [0, 0.1) is 6.92 Å². The third kappa shape index (κ3) is 3.59. The lowest BCUT2D eigenvalue weighted by Crippen LogP contribution is -2.35. The van der Waals surface area contributed by atoms with Gasteiger partial charge in [-0.1, -0.05) is 12.1 Å². The molecule has 0 unspecified atom stereocenters. The van der Waals surface area contributed by atoms with E-state index < -0.39 is 10.0 Å². The molecular weight excluding hydrogens is 324 g/mol. The van der Waals surface area contributed by atoms with Gasteiger partial charge in [-0.25, -0.2) is 8.42 Å². The molecule has 24 heavy (non-hydrogen) atoms. The maximum Gasteiger partial charge on any atom is 0.261 e. The number of hydrogen-bond acceptors (Lipinski definition) is 3. The lowest BCUT2D eigenvalue weighted by atomic mass is 10.1. The summed E-state index contributed by atoms with van der Waals surface area (Å²) in [7, 11) is -3.61. The Kier molecular flexibility index (Phi) is 4.57. The molecule has 0 bridgehead atoms. The highest BCUT2D eigenvalue weighted by Crippen LogP contribution is 2.24. The van der Waals surface area contributed by atoms with Gasteiger partial charge < -0.3 is 4.90 Å². The predicted octanol–water partition coefficient (Wildman–Crippen LogP) is 3.31. The van der Waals surface area contributed by atoms with Gasteiger partial charge in [-0.05, 0) is 61.7 Å². The molecule has 126 valence electrons. The van der Waals surface area contributed by atoms with Crippen molar-refractivity contribution < 1.29 is 13.2 Å². The normalized spacial score (nSPS) is 15.4. The minimum atomic E-state index is -3.61. The molecule has 0 aliphatic carbocycles. The van der Waals surface area contributed by atoms with Gasteiger partial charge in [0.2, 0.25) is 5.91 Å². The van der Waals surface area contributed by atoms with E-state index in [1.54, 1.807) is 47.4 Å². The topological polar surface area (TPSA) is 66.5 Å². The number of carbonyl (C=O) groups excluding carboxylic acids is 1. The highest BCUT2D eigenvalue weighted by molar-refractivity contribution is 7.92. The summed E-state index contributed by atoms with van der Waals surface area (Å²) < 4.78 is 27.4. The number of benzene rings is 2. The van der Waals surface area contributed by atoms with E-state index in [1.807, 2.05) is 13.0 Å². The molecule has 2 aromatic carbocycles. The van der Waals surface area contributed by atoms with Crippen molar-refractivity contribution in [3.05, 3.63) is 54.1 Å². The Morgan fingerprint density at radius 2 is 1.79 bits per heavy atom. The lowest BCUT2D eigenvalue weighted by Gasteiger charge is -2.26. The highest BCUT2D eigenvalue weighted by Gasteiger charge is 2.20. The molecular formula is C18H20N2O3S. The van der Waals surface area contributed by atoms with Crippen molar-refractivity contribution >= 4 is 27.3 Å². The van der Waals surface area contributed by atoms with E-state index >= 15 is 0 Å². The van der Waals surface area contributed by atoms with Crippen LogP contribution in [0.2, 0.25) is 0 Å². The minimum absolute atomic E-state index is 0.120. The second-order valence-corrected chi connectivity index (χ2v) is 7.65. The molecule has 3 rings (SSSR count). The van der Waals surface area contributed by atoms with Gasteiger partial charge in [0.15, 0.2) is 0 Å². The van der Waals surface area contributed by atoms with Gasteiger partial charge in [0.25, 0.3) is 10.0 Å². The molecule has 1 aliphatic rings. The number of aryl methyl sites for hydroxylation is 1. The average Bonchev–Trinajstić information content (AvgIpc) is 2.56. The van der Waals surface area contributed by atoms with Crippen LogP contribution in [-0.4, -0.2) is 20.9 Å². The number of carbonyl (C=O) groups is 1. The van der Waals surface area contributed by atoms with Crippen LogP contribution in [0.5, 0.6) is 0 Å². The van der Waals surface area contributed by atoms with Crippen LogP contribution in [0.25, 0.3) is 0 Å². The summed E-state index contributed by atoms with van der Waals surface area (Å²) in [5.41, 5.74) is 2.17. The van der Waals surface area contributed by atoms with Gasteiger partial charge in [0.1, 0.15) is 0 Å². The van der Waals surface area contributed by atoms with Gasteiger partial charge in [-0.3, -0.25) is 9.52 Å². The van der Waals surface area contributed by atoms with Crippen LogP contribution in [-0.2, 0) is 14.8 Å². The van der Waals surface area contributed by atoms with Crippen LogP contribution in [0.15, 0.2) is 53.4 Å². The molecule has 1 N–H and O–H groups in total. The number of nitrogens with one attached hydrogen (secondary N) is 1. The zero-order valence-corrected chi connectivity index (χ0v) is 14.3. The standard InChI is InChI=1S/C18H20N2O3S/c1-14-5-4-6-17(13-14)24(22,23)19-15-8-10-16(11-9-15)20-12-3-2-7-18(20)21/h4-6,8-11,13,19H,2-3,7,12H2,1H3. The quantitative estimate of drug-likeness (QED) is 0.925. The van der Waals surface area contributed by atoms with Crippen molar-refractivity contribution in [1.29, 1.82) is 0 Å². The molecule has 0 aromatic heterocycles. The Balaban J connectivity index is 1.77. The molecule has 0 radical (unpaired) electrons. The maximum absolute atomic E-state index is 12.4. The molecule has 1 heterocycles. The van der Waals surface area contributed by atoms with Crippen molar-refractivity contribution in [3.8, 4) is 0 Å². The van der Waals surface area contributed by atoms with E-state index in [2.05, 4.69) is 4.72 Å². The number of sulfonamides is 1. The van der Waals surface area contributed by atoms with Crippen LogP contribution >= 0.6 is 0 Å². The SMILES string of the molecule is Cc1cccc(S(=O)(=O)Nc2ccc(N3CCCCC3=O)cc2)c1. The van der Waals surface area contributed by atoms with Gasteiger partial charge in [0.05, 0.1) is 4.90 Å². The first-order valence-corrected chi connectivity index (χ1v) is 9.44. The zero-order valence-electron chi connectivity index (χ0n) is 13.5. The van der Waals surface area contributed by atoms with E-state index in [0.717, 1.165) is 24.1 Å². The van der Waals surface area contributed by atoms with Gasteiger partial charge in [-0.2, -0.15) is 0 Å². The summed E-state index contributed by atoms with van der Waals surface area (Å²) >= 11 is 0. The summed E-state index contributed by atoms with van der Waals surface area (Å²) in [6.45, 7) is 2.57. The van der Waals surface area contributed by atoms with Crippen molar-refractivity contribution in [3.63, 3.8) is 0 Å². The maximum atomic E-state index is 12.4. The number of piperidine rings is 1. The largest absolute Gasteiger partial charge is 0.312 e. The Labute approximate surface area is 142 Å². The monoisotopic (exact) mass is 344 g/mol. The molecule has 1 saturated heterocycles. The average molecular weight is 344 g/mol. The second kappa shape index (κ2) is 6.65. The molecule has 0 spiro atoms. The van der Waals surface area contributed by atoms with Crippen LogP contribution in [0.4, 0.5) is 11.4 Å². The van der Waals surface area contributed by atoms with Crippen LogP contribution in [0.1, 0.15) is 24.8 Å².